The molecule has 0 aliphatic heterocycles. The van der Waals surface area contributed by atoms with Crippen LogP contribution in [0.5, 0.6) is 5.75 Å². The summed E-state index contributed by atoms with van der Waals surface area (Å²) in [6.07, 6.45) is 0. The van der Waals surface area contributed by atoms with Crippen molar-refractivity contribution in [1.29, 1.82) is 0 Å². The van der Waals surface area contributed by atoms with Crippen LogP contribution in [0.15, 0.2) is 66.7 Å². The Morgan fingerprint density at radius 2 is 1.59 bits per heavy atom. The molecule has 0 saturated carbocycles. The number of carbonyl (C=O) groups is 3. The van der Waals surface area contributed by atoms with Crippen LogP contribution in [0.3, 0.4) is 0 Å². The van der Waals surface area contributed by atoms with Gasteiger partial charge in [-0.3, -0.25) is 29.8 Å². The first kappa shape index (κ1) is 23.5. The summed E-state index contributed by atoms with van der Waals surface area (Å²) < 4.78 is 4.99. The molecule has 3 rings (SSSR count). The number of benzene rings is 3. The van der Waals surface area contributed by atoms with Gasteiger partial charge in [-0.1, -0.05) is 6.07 Å². The van der Waals surface area contributed by atoms with Gasteiger partial charge in [0, 0.05) is 17.3 Å². The van der Waals surface area contributed by atoms with Gasteiger partial charge in [0.2, 0.25) is 0 Å². The number of Topliss-reactive ketones (excluding diaryl/α,β-unsaturated/α-hetero) is 1. The van der Waals surface area contributed by atoms with E-state index in [1.165, 1.54) is 48.5 Å². The number of anilines is 1. The van der Waals surface area contributed by atoms with Gasteiger partial charge in [-0.2, -0.15) is 0 Å². The van der Waals surface area contributed by atoms with Gasteiger partial charge in [-0.25, -0.2) is 4.79 Å². The van der Waals surface area contributed by atoms with Gasteiger partial charge in [0.15, 0.2) is 12.4 Å². The Kier molecular flexibility index (Phi) is 6.92. The van der Waals surface area contributed by atoms with Crippen LogP contribution in [0.2, 0.25) is 0 Å². The molecule has 2 N–H and O–H groups in total. The highest BCUT2D eigenvalue weighted by Gasteiger charge is 2.24. The minimum atomic E-state index is -0.922. The predicted molar refractivity (Wildman–Crippen MR) is 117 cm³/mol. The van der Waals surface area contributed by atoms with Crippen molar-refractivity contribution in [2.75, 3.05) is 11.9 Å². The number of hydrogen-bond donors (Lipinski definition) is 2. The molecule has 0 fully saturated rings. The molecular weight excluding hydrogens is 450 g/mol. The van der Waals surface area contributed by atoms with Crippen LogP contribution in [0.1, 0.15) is 31.1 Å². The molecule has 0 heterocycles. The molecule has 0 unspecified atom stereocenters. The van der Waals surface area contributed by atoms with E-state index < -0.39 is 51.1 Å². The third-order valence-corrected chi connectivity index (χ3v) is 4.51. The molecule has 0 aliphatic carbocycles. The molecule has 0 spiro atoms. The minimum absolute atomic E-state index is 0.00509. The molecule has 0 atom stereocenters. The first-order valence-electron chi connectivity index (χ1n) is 9.49. The second-order valence-electron chi connectivity index (χ2n) is 6.80. The summed E-state index contributed by atoms with van der Waals surface area (Å²) in [7, 11) is 0. The fourth-order valence-electron chi connectivity index (χ4n) is 2.84. The van der Waals surface area contributed by atoms with Crippen LogP contribution >= 0.6 is 0 Å². The number of nitrogens with one attached hydrogen (secondary N) is 1. The molecule has 0 aliphatic rings. The first-order chi connectivity index (χ1) is 16.2. The maximum absolute atomic E-state index is 12.5. The second-order valence-corrected chi connectivity index (χ2v) is 6.80. The fraction of sp³-hybridized carbons (Fsp3) is 0.0455. The predicted octanol–water partition coefficient (Wildman–Crippen LogP) is 3.50. The third-order valence-electron chi connectivity index (χ3n) is 4.51. The molecule has 0 radical (unpaired) electrons. The van der Waals surface area contributed by atoms with E-state index in [-0.39, 0.29) is 22.6 Å². The van der Waals surface area contributed by atoms with E-state index in [0.717, 1.165) is 12.1 Å². The summed E-state index contributed by atoms with van der Waals surface area (Å²) in [6, 6.07) is 13.4. The highest BCUT2D eigenvalue weighted by Crippen LogP contribution is 2.25. The zero-order valence-electron chi connectivity index (χ0n) is 17.2. The number of ketones is 1. The molecule has 12 nitrogen and oxygen atoms in total. The Labute approximate surface area is 190 Å². The highest BCUT2D eigenvalue weighted by atomic mass is 16.6. The van der Waals surface area contributed by atoms with Crippen LogP contribution in [-0.4, -0.2) is 39.2 Å². The summed E-state index contributed by atoms with van der Waals surface area (Å²) in [5.41, 5.74) is -1.39. The number of amides is 1. The van der Waals surface area contributed by atoms with Crippen LogP contribution in [0, 0.1) is 20.2 Å². The Bertz CT molecular complexity index is 1300. The first-order valence-corrected chi connectivity index (χ1v) is 9.49. The Hall–Kier alpha value is -5.13. The smallest absolute Gasteiger partial charge is 0.338 e. The van der Waals surface area contributed by atoms with Gasteiger partial charge in [-0.15, -0.1) is 0 Å². The van der Waals surface area contributed by atoms with Crippen molar-refractivity contribution in [3.8, 4) is 5.75 Å². The van der Waals surface area contributed by atoms with Crippen LogP contribution in [-0.2, 0) is 4.74 Å². The number of hydrogen-bond acceptors (Lipinski definition) is 9. The van der Waals surface area contributed by atoms with Crippen molar-refractivity contribution in [3.05, 3.63) is 104 Å². The van der Waals surface area contributed by atoms with Crippen molar-refractivity contribution in [3.63, 3.8) is 0 Å². The van der Waals surface area contributed by atoms with E-state index in [4.69, 9.17) is 4.74 Å². The van der Waals surface area contributed by atoms with Crippen LogP contribution in [0.25, 0.3) is 0 Å². The summed E-state index contributed by atoms with van der Waals surface area (Å²) in [6.45, 7) is -0.560. The zero-order chi connectivity index (χ0) is 24.8. The number of non-ortho nitro benzene ring substituents is 1. The number of aromatic hydroxyl groups is 1. The molecule has 0 aromatic heterocycles. The largest absolute Gasteiger partial charge is 0.508 e. The van der Waals surface area contributed by atoms with Crippen molar-refractivity contribution in [2.45, 2.75) is 0 Å². The lowest BCUT2D eigenvalue weighted by Gasteiger charge is -2.08. The average Bonchev–Trinajstić information content (AvgIpc) is 2.82. The minimum Gasteiger partial charge on any atom is -0.508 e. The van der Waals surface area contributed by atoms with Gasteiger partial charge in [0.1, 0.15) is 11.3 Å². The van der Waals surface area contributed by atoms with Crippen molar-refractivity contribution in [1.82, 2.24) is 0 Å². The maximum atomic E-state index is 12.5. The van der Waals surface area contributed by atoms with Gasteiger partial charge in [-0.05, 0) is 48.5 Å². The molecule has 3 aromatic carbocycles. The van der Waals surface area contributed by atoms with Gasteiger partial charge in [0.05, 0.1) is 21.5 Å². The molecule has 172 valence electrons. The average molecular weight is 465 g/mol. The van der Waals surface area contributed by atoms with Crippen LogP contribution in [0.4, 0.5) is 17.1 Å². The van der Waals surface area contributed by atoms with Gasteiger partial charge >= 0.3 is 5.97 Å². The fourth-order valence-corrected chi connectivity index (χ4v) is 2.84. The van der Waals surface area contributed by atoms with E-state index in [1.54, 1.807) is 0 Å². The molecule has 3 aromatic rings. The topological polar surface area (TPSA) is 179 Å². The number of esters is 1. The summed E-state index contributed by atoms with van der Waals surface area (Å²) in [5.74, 6) is -2.30. The number of nitro benzene ring substituents is 2. The molecular formula is C22H15N3O9. The van der Waals surface area contributed by atoms with E-state index >= 15 is 0 Å². The summed E-state index contributed by atoms with van der Waals surface area (Å²) in [5, 5.41) is 33.7. The lowest BCUT2D eigenvalue weighted by Crippen LogP contribution is -2.16. The number of nitrogens with zero attached hydrogens (tertiary/aromatic N) is 2. The molecule has 34 heavy (non-hydrogen) atoms. The van der Waals surface area contributed by atoms with Gasteiger partial charge < -0.3 is 15.2 Å². The molecule has 0 saturated heterocycles. The Morgan fingerprint density at radius 1 is 0.882 bits per heavy atom. The highest BCUT2D eigenvalue weighted by molar-refractivity contribution is 6.07. The van der Waals surface area contributed by atoms with E-state index in [1.807, 2.05) is 0 Å². The van der Waals surface area contributed by atoms with Crippen molar-refractivity contribution >= 4 is 34.7 Å². The molecule has 12 heteroatoms. The molecule has 0 bridgehead atoms. The zero-order valence-corrected chi connectivity index (χ0v) is 17.2. The third kappa shape index (κ3) is 5.56. The second kappa shape index (κ2) is 9.99. The van der Waals surface area contributed by atoms with E-state index in [0.29, 0.717) is 6.07 Å². The Balaban J connectivity index is 1.70. The van der Waals surface area contributed by atoms with E-state index in [9.17, 15) is 39.7 Å². The van der Waals surface area contributed by atoms with E-state index in [2.05, 4.69) is 5.32 Å². The number of phenols is 1. The normalized spacial score (nSPS) is 10.2. The summed E-state index contributed by atoms with van der Waals surface area (Å²) in [4.78, 5) is 57.3. The maximum Gasteiger partial charge on any atom is 0.338 e. The summed E-state index contributed by atoms with van der Waals surface area (Å²) >= 11 is 0. The van der Waals surface area contributed by atoms with Gasteiger partial charge in [0.25, 0.3) is 17.3 Å². The monoisotopic (exact) mass is 465 g/mol. The standard InChI is InChI=1S/C22H15N3O9/c26-17-7-4-13(5-8-17)20(27)12-34-22(29)14-2-1-3-15(10-14)23-21(28)18-9-6-16(24(30)31)11-19(18)25(32)33/h1-11,26H,12H2,(H,23,28). The Morgan fingerprint density at radius 3 is 2.24 bits per heavy atom. The lowest BCUT2D eigenvalue weighted by molar-refractivity contribution is -0.394. The number of carbonyl (C=O) groups excluding carboxylic acids is 3. The SMILES string of the molecule is O=C(COC(=O)c1cccc(NC(=O)c2ccc([N+](=O)[O-])cc2[N+](=O)[O-])c1)c1ccc(O)cc1. The quantitative estimate of drug-likeness (QED) is 0.218. The van der Waals surface area contributed by atoms with Crippen molar-refractivity contribution < 1.29 is 34.1 Å². The van der Waals surface area contributed by atoms with Crippen LogP contribution < -0.4 is 5.32 Å². The van der Waals surface area contributed by atoms with Crippen molar-refractivity contribution in [2.24, 2.45) is 0 Å². The number of rotatable bonds is 8. The molecule has 1 amide bonds. The number of nitro groups is 2. The number of ether oxygens (including phenoxy) is 1. The number of phenolic OH excluding ortho intramolecular Hbond substituents is 1. The lowest BCUT2D eigenvalue weighted by atomic mass is 10.1.